The van der Waals surface area contributed by atoms with Gasteiger partial charge >= 0.3 is 0 Å². The minimum Gasteiger partial charge on any atom is -0.309 e. The lowest BCUT2D eigenvalue weighted by Crippen LogP contribution is -2.00. The van der Waals surface area contributed by atoms with E-state index in [0.717, 1.165) is 66.4 Å². The molecule has 0 aliphatic heterocycles. The van der Waals surface area contributed by atoms with Crippen LogP contribution in [-0.4, -0.2) is 19.5 Å². The predicted molar refractivity (Wildman–Crippen MR) is 224 cm³/mol. The Kier molecular flexibility index (Phi) is 7.79. The molecule has 5 heteroatoms. The van der Waals surface area contributed by atoms with Gasteiger partial charge < -0.3 is 4.57 Å². The van der Waals surface area contributed by atoms with Crippen LogP contribution in [0, 0.1) is 11.3 Å². The van der Waals surface area contributed by atoms with Crippen LogP contribution in [-0.2, 0) is 0 Å². The highest BCUT2D eigenvalue weighted by Crippen LogP contribution is 2.35. The lowest BCUT2D eigenvalue weighted by atomic mass is 9.96. The van der Waals surface area contributed by atoms with Gasteiger partial charge in [0.1, 0.15) is 0 Å². The lowest BCUT2D eigenvalue weighted by Gasteiger charge is -2.12. The van der Waals surface area contributed by atoms with Gasteiger partial charge in [-0.15, -0.1) is 0 Å². The van der Waals surface area contributed by atoms with Gasteiger partial charge in [0.25, 0.3) is 0 Å². The summed E-state index contributed by atoms with van der Waals surface area (Å²) in [7, 11) is 0. The summed E-state index contributed by atoms with van der Waals surface area (Å²) in [5.41, 5.74) is 10.9. The maximum Gasteiger partial charge on any atom is 0.164 e. The zero-order chi connectivity index (χ0) is 36.7. The molecule has 5 nitrogen and oxygen atoms in total. The van der Waals surface area contributed by atoms with E-state index in [9.17, 15) is 5.26 Å². The smallest absolute Gasteiger partial charge is 0.164 e. The third-order valence-corrected chi connectivity index (χ3v) is 10.2. The van der Waals surface area contributed by atoms with Crippen molar-refractivity contribution in [1.82, 2.24) is 19.5 Å². The van der Waals surface area contributed by atoms with Crippen molar-refractivity contribution >= 4 is 32.6 Å². The first-order chi connectivity index (χ1) is 27.2. The van der Waals surface area contributed by atoms with Crippen LogP contribution in [0.1, 0.15) is 5.56 Å². The average molecular weight is 702 g/mol. The van der Waals surface area contributed by atoms with Crippen molar-refractivity contribution in [2.45, 2.75) is 0 Å². The van der Waals surface area contributed by atoms with E-state index in [-0.39, 0.29) is 0 Å². The Morgan fingerprint density at radius 2 is 0.818 bits per heavy atom. The second-order valence-electron chi connectivity index (χ2n) is 13.6. The summed E-state index contributed by atoms with van der Waals surface area (Å²) in [4.78, 5) is 14.6. The lowest BCUT2D eigenvalue weighted by molar-refractivity contribution is 1.07. The topological polar surface area (TPSA) is 67.4 Å². The van der Waals surface area contributed by atoms with Crippen LogP contribution >= 0.6 is 0 Å². The molecule has 0 radical (unpaired) electrons. The molecule has 0 N–H and O–H groups in total. The predicted octanol–water partition coefficient (Wildman–Crippen LogP) is 12.3. The molecule has 0 saturated heterocycles. The molecular weight excluding hydrogens is 671 g/mol. The fourth-order valence-corrected chi connectivity index (χ4v) is 7.53. The number of nitrogens with zero attached hydrogens (tertiary/aromatic N) is 5. The quantitative estimate of drug-likeness (QED) is 0.173. The fraction of sp³-hybridized carbons (Fsp3) is 0. The Morgan fingerprint density at radius 3 is 1.36 bits per heavy atom. The molecule has 2 heterocycles. The average Bonchev–Trinajstić information content (AvgIpc) is 3.61. The summed E-state index contributed by atoms with van der Waals surface area (Å²) in [6.45, 7) is 0. The van der Waals surface area contributed by atoms with Gasteiger partial charge in [0.2, 0.25) is 0 Å². The van der Waals surface area contributed by atoms with Crippen LogP contribution in [0.5, 0.6) is 0 Å². The Balaban J connectivity index is 1.01. The van der Waals surface area contributed by atoms with Crippen LogP contribution in [0.15, 0.2) is 188 Å². The zero-order valence-corrected chi connectivity index (χ0v) is 29.6. The molecule has 0 unspecified atom stereocenters. The first-order valence-electron chi connectivity index (χ1n) is 18.2. The molecule has 0 amide bonds. The molecule has 0 aliphatic carbocycles. The van der Waals surface area contributed by atoms with E-state index in [1.165, 1.54) is 10.8 Å². The van der Waals surface area contributed by atoms with Crippen molar-refractivity contribution in [1.29, 1.82) is 5.26 Å². The highest BCUT2D eigenvalue weighted by atomic mass is 15.0. The van der Waals surface area contributed by atoms with Crippen molar-refractivity contribution in [3.8, 4) is 68.2 Å². The molecule has 0 bridgehead atoms. The maximum atomic E-state index is 10.1. The largest absolute Gasteiger partial charge is 0.309 e. The number of nitriles is 1. The first-order valence-corrected chi connectivity index (χ1v) is 18.2. The van der Waals surface area contributed by atoms with Crippen molar-refractivity contribution in [3.63, 3.8) is 0 Å². The second-order valence-corrected chi connectivity index (χ2v) is 13.6. The number of benzene rings is 8. The van der Waals surface area contributed by atoms with E-state index < -0.39 is 0 Å². The normalized spacial score (nSPS) is 11.3. The molecule has 10 aromatic rings. The number of aromatic nitrogens is 4. The third-order valence-electron chi connectivity index (χ3n) is 10.2. The van der Waals surface area contributed by atoms with E-state index in [1.807, 2.05) is 72.8 Å². The van der Waals surface area contributed by atoms with Crippen molar-refractivity contribution in [2.75, 3.05) is 0 Å². The van der Waals surface area contributed by atoms with Gasteiger partial charge in [-0.1, -0.05) is 146 Å². The molecule has 0 spiro atoms. The first kappa shape index (κ1) is 32.0. The Bertz CT molecular complexity index is 2970. The summed E-state index contributed by atoms with van der Waals surface area (Å²) < 4.78 is 2.26. The van der Waals surface area contributed by atoms with Crippen LogP contribution in [0.25, 0.3) is 94.7 Å². The summed E-state index contributed by atoms with van der Waals surface area (Å²) in [5, 5.41) is 14.8. The molecule has 8 aromatic carbocycles. The minimum atomic E-state index is 0.619. The van der Waals surface area contributed by atoms with Crippen molar-refractivity contribution in [3.05, 3.63) is 194 Å². The molecule has 55 heavy (non-hydrogen) atoms. The van der Waals surface area contributed by atoms with Gasteiger partial charge in [-0.3, -0.25) is 0 Å². The van der Waals surface area contributed by atoms with E-state index in [2.05, 4.69) is 126 Å². The zero-order valence-electron chi connectivity index (χ0n) is 29.6. The van der Waals surface area contributed by atoms with Crippen LogP contribution in [0.2, 0.25) is 0 Å². The van der Waals surface area contributed by atoms with Gasteiger partial charge in [0.15, 0.2) is 17.5 Å². The Hall–Kier alpha value is -7.68. The van der Waals surface area contributed by atoms with Gasteiger partial charge in [0.05, 0.1) is 22.7 Å². The molecular formula is C50H31N5. The Labute approximate surface area is 318 Å². The maximum absolute atomic E-state index is 10.1. The summed E-state index contributed by atoms with van der Waals surface area (Å²) in [6, 6.07) is 67.0. The molecule has 0 atom stereocenters. The molecule has 0 saturated carbocycles. The number of hydrogen-bond donors (Lipinski definition) is 0. The number of fused-ring (bicyclic) bond motifs is 4. The molecule has 10 rings (SSSR count). The van der Waals surface area contributed by atoms with Crippen LogP contribution in [0.4, 0.5) is 0 Å². The number of rotatable bonds is 6. The van der Waals surface area contributed by atoms with Crippen LogP contribution in [0.3, 0.4) is 0 Å². The Morgan fingerprint density at radius 1 is 0.364 bits per heavy atom. The fourth-order valence-electron chi connectivity index (χ4n) is 7.53. The summed E-state index contributed by atoms with van der Waals surface area (Å²) >= 11 is 0. The van der Waals surface area contributed by atoms with E-state index >= 15 is 0 Å². The van der Waals surface area contributed by atoms with Crippen molar-refractivity contribution in [2.24, 2.45) is 0 Å². The van der Waals surface area contributed by atoms with Gasteiger partial charge in [0, 0.05) is 33.2 Å². The number of para-hydroxylation sites is 2. The van der Waals surface area contributed by atoms with Crippen LogP contribution < -0.4 is 0 Å². The third kappa shape index (κ3) is 5.89. The van der Waals surface area contributed by atoms with E-state index in [4.69, 9.17) is 15.0 Å². The SMILES string of the molecule is N#Cc1cc(-c2ccc3ccc(-c4ccc(-c5nc(-c6ccccc6)nc(-c6ccccc6)n5)cc4)cc3c2)cc(-n2c3ccccc3c3ccccc32)c1. The molecule has 256 valence electrons. The second kappa shape index (κ2) is 13.4. The van der Waals surface area contributed by atoms with E-state index in [0.29, 0.717) is 23.0 Å². The standard InChI is InChI=1S/C50H31N5/c51-32-33-27-41(31-43(28-33)55-46-17-9-7-15-44(46)45-16-8-10-18-47(45)55)40-26-22-35-21-25-39(29-42(35)30-40)34-19-23-38(24-20-34)50-53-48(36-11-3-1-4-12-36)52-49(54-50)37-13-5-2-6-14-37/h1-31H. The summed E-state index contributed by atoms with van der Waals surface area (Å²) in [6.07, 6.45) is 0. The molecule has 0 fully saturated rings. The summed E-state index contributed by atoms with van der Waals surface area (Å²) in [5.74, 6) is 1.91. The van der Waals surface area contributed by atoms with Gasteiger partial charge in [-0.05, 0) is 75.5 Å². The molecule has 2 aromatic heterocycles. The van der Waals surface area contributed by atoms with E-state index in [1.54, 1.807) is 0 Å². The van der Waals surface area contributed by atoms with Gasteiger partial charge in [-0.25, -0.2) is 15.0 Å². The molecule has 0 aliphatic rings. The highest BCUT2D eigenvalue weighted by Gasteiger charge is 2.15. The minimum absolute atomic E-state index is 0.619. The van der Waals surface area contributed by atoms with Gasteiger partial charge in [-0.2, -0.15) is 5.26 Å². The number of hydrogen-bond acceptors (Lipinski definition) is 4. The van der Waals surface area contributed by atoms with Crippen molar-refractivity contribution < 1.29 is 0 Å². The highest BCUT2D eigenvalue weighted by molar-refractivity contribution is 6.09. The monoisotopic (exact) mass is 701 g/mol.